The van der Waals surface area contributed by atoms with Crippen molar-refractivity contribution >= 4 is 0 Å². The zero-order valence-corrected chi connectivity index (χ0v) is 7.13. The van der Waals surface area contributed by atoms with Gasteiger partial charge in [0.25, 0.3) is 0 Å². The Hall–Kier alpha value is -0.540. The fourth-order valence-corrected chi connectivity index (χ4v) is 1.34. The normalized spacial score (nSPS) is 30.9. The maximum atomic E-state index is 8.93. The summed E-state index contributed by atoms with van der Waals surface area (Å²) in [5.41, 5.74) is 0.942. The third kappa shape index (κ3) is 1.39. The standard InChI is InChI=1S/C8H14O3/c1-5-7(4-9)6(2)11-8(5)10-3/h5,8-9H,4H2,1-3H3/t5-,8-/m1/s1. The van der Waals surface area contributed by atoms with E-state index in [1.54, 1.807) is 7.11 Å². The van der Waals surface area contributed by atoms with Crippen molar-refractivity contribution in [3.05, 3.63) is 11.3 Å². The SMILES string of the molecule is CO[C@@H]1OC(C)=C(CO)[C@H]1C. The van der Waals surface area contributed by atoms with Crippen LogP contribution in [0.4, 0.5) is 0 Å². The van der Waals surface area contributed by atoms with Crippen molar-refractivity contribution in [1.29, 1.82) is 0 Å². The third-order valence-corrected chi connectivity index (χ3v) is 2.11. The molecule has 0 saturated carbocycles. The number of allylic oxidation sites excluding steroid dienone is 1. The molecule has 3 nitrogen and oxygen atoms in total. The molecular weight excluding hydrogens is 144 g/mol. The van der Waals surface area contributed by atoms with Gasteiger partial charge in [-0.1, -0.05) is 6.92 Å². The molecule has 1 aliphatic heterocycles. The number of hydrogen-bond acceptors (Lipinski definition) is 3. The number of hydrogen-bond donors (Lipinski definition) is 1. The molecule has 1 heterocycles. The van der Waals surface area contributed by atoms with Gasteiger partial charge in [-0.15, -0.1) is 0 Å². The van der Waals surface area contributed by atoms with Crippen molar-refractivity contribution in [3.63, 3.8) is 0 Å². The summed E-state index contributed by atoms with van der Waals surface area (Å²) in [5.74, 6) is 0.969. The van der Waals surface area contributed by atoms with Gasteiger partial charge in [0.1, 0.15) is 0 Å². The Labute approximate surface area is 66.6 Å². The van der Waals surface area contributed by atoms with Crippen molar-refractivity contribution in [1.82, 2.24) is 0 Å². The summed E-state index contributed by atoms with van der Waals surface area (Å²) in [4.78, 5) is 0. The van der Waals surface area contributed by atoms with Crippen LogP contribution in [0.2, 0.25) is 0 Å². The van der Waals surface area contributed by atoms with Crippen LogP contribution in [0.15, 0.2) is 11.3 Å². The summed E-state index contributed by atoms with van der Waals surface area (Å²) < 4.78 is 10.4. The van der Waals surface area contributed by atoms with Crippen molar-refractivity contribution in [2.24, 2.45) is 5.92 Å². The molecule has 64 valence electrons. The molecule has 1 N–H and O–H groups in total. The molecule has 0 aromatic rings. The van der Waals surface area contributed by atoms with Crippen LogP contribution in [0.25, 0.3) is 0 Å². The average molecular weight is 158 g/mol. The van der Waals surface area contributed by atoms with Crippen LogP contribution in [-0.4, -0.2) is 25.1 Å². The lowest BCUT2D eigenvalue weighted by Crippen LogP contribution is -2.18. The van der Waals surface area contributed by atoms with Crippen molar-refractivity contribution in [2.45, 2.75) is 20.1 Å². The van der Waals surface area contributed by atoms with Gasteiger partial charge >= 0.3 is 0 Å². The summed E-state index contributed by atoms with van der Waals surface area (Å²) in [6.45, 7) is 3.89. The van der Waals surface area contributed by atoms with Crippen molar-refractivity contribution < 1.29 is 14.6 Å². The van der Waals surface area contributed by atoms with Crippen LogP contribution in [0.5, 0.6) is 0 Å². The number of ether oxygens (including phenoxy) is 2. The molecular formula is C8H14O3. The predicted octanol–water partition coefficient (Wildman–Crippen LogP) is 0.891. The zero-order chi connectivity index (χ0) is 8.43. The second kappa shape index (κ2) is 3.24. The summed E-state index contributed by atoms with van der Waals surface area (Å²) >= 11 is 0. The lowest BCUT2D eigenvalue weighted by atomic mass is 10.0. The predicted molar refractivity (Wildman–Crippen MR) is 40.8 cm³/mol. The largest absolute Gasteiger partial charge is 0.469 e. The Morgan fingerprint density at radius 1 is 1.64 bits per heavy atom. The Morgan fingerprint density at radius 3 is 2.55 bits per heavy atom. The quantitative estimate of drug-likeness (QED) is 0.648. The van der Waals surface area contributed by atoms with Crippen LogP contribution in [0.1, 0.15) is 13.8 Å². The highest BCUT2D eigenvalue weighted by atomic mass is 16.7. The average Bonchev–Trinajstić information content (AvgIpc) is 2.26. The minimum absolute atomic E-state index is 0.0624. The number of rotatable bonds is 2. The molecule has 0 amide bonds. The van der Waals surface area contributed by atoms with E-state index < -0.39 is 0 Å². The third-order valence-electron chi connectivity index (χ3n) is 2.11. The first-order chi connectivity index (χ1) is 5.20. The maximum Gasteiger partial charge on any atom is 0.205 e. The minimum Gasteiger partial charge on any atom is -0.469 e. The zero-order valence-electron chi connectivity index (χ0n) is 7.13. The van der Waals surface area contributed by atoms with E-state index in [-0.39, 0.29) is 18.8 Å². The van der Waals surface area contributed by atoms with Gasteiger partial charge in [0.05, 0.1) is 12.4 Å². The number of methoxy groups -OCH3 is 1. The molecule has 0 radical (unpaired) electrons. The first kappa shape index (κ1) is 8.56. The van der Waals surface area contributed by atoms with E-state index in [1.807, 2.05) is 13.8 Å². The molecule has 0 aromatic carbocycles. The molecule has 2 atom stereocenters. The molecule has 0 unspecified atom stereocenters. The van der Waals surface area contributed by atoms with E-state index in [9.17, 15) is 0 Å². The lowest BCUT2D eigenvalue weighted by Gasteiger charge is -2.14. The first-order valence-corrected chi connectivity index (χ1v) is 3.70. The summed E-state index contributed by atoms with van der Waals surface area (Å²) in [7, 11) is 1.61. The fourth-order valence-electron chi connectivity index (χ4n) is 1.34. The molecule has 0 aliphatic carbocycles. The first-order valence-electron chi connectivity index (χ1n) is 3.70. The highest BCUT2D eigenvalue weighted by Crippen LogP contribution is 2.30. The highest BCUT2D eigenvalue weighted by molar-refractivity contribution is 5.15. The van der Waals surface area contributed by atoms with Gasteiger partial charge in [-0.2, -0.15) is 0 Å². The Bertz CT molecular complexity index is 174. The molecule has 1 rings (SSSR count). The molecule has 0 fully saturated rings. The van der Waals surface area contributed by atoms with Gasteiger partial charge < -0.3 is 14.6 Å². The molecule has 0 saturated heterocycles. The van der Waals surface area contributed by atoms with Crippen LogP contribution in [0, 0.1) is 5.92 Å². The summed E-state index contributed by atoms with van der Waals surface area (Å²) in [5, 5.41) is 8.93. The second-order valence-corrected chi connectivity index (χ2v) is 2.75. The van der Waals surface area contributed by atoms with Crippen LogP contribution in [-0.2, 0) is 9.47 Å². The highest BCUT2D eigenvalue weighted by Gasteiger charge is 2.30. The number of aliphatic hydroxyl groups is 1. The fraction of sp³-hybridized carbons (Fsp3) is 0.750. The summed E-state index contributed by atoms with van der Waals surface area (Å²) in [6, 6.07) is 0. The molecule has 1 aliphatic rings. The van der Waals surface area contributed by atoms with E-state index in [0.717, 1.165) is 11.3 Å². The van der Waals surface area contributed by atoms with Crippen molar-refractivity contribution in [2.75, 3.05) is 13.7 Å². The maximum absolute atomic E-state index is 8.93. The Balaban J connectivity index is 2.69. The second-order valence-electron chi connectivity index (χ2n) is 2.75. The Morgan fingerprint density at radius 2 is 2.27 bits per heavy atom. The molecule has 0 aromatic heterocycles. The number of aliphatic hydroxyl groups excluding tert-OH is 1. The van der Waals surface area contributed by atoms with E-state index in [0.29, 0.717) is 0 Å². The minimum atomic E-state index is -0.211. The van der Waals surface area contributed by atoms with Gasteiger partial charge in [0.2, 0.25) is 6.29 Å². The molecule has 3 heteroatoms. The smallest absolute Gasteiger partial charge is 0.205 e. The van der Waals surface area contributed by atoms with Gasteiger partial charge in [0.15, 0.2) is 0 Å². The van der Waals surface area contributed by atoms with Gasteiger partial charge in [0, 0.05) is 18.6 Å². The monoisotopic (exact) mass is 158 g/mol. The molecule has 0 spiro atoms. The van der Waals surface area contributed by atoms with Crippen LogP contribution < -0.4 is 0 Å². The van der Waals surface area contributed by atoms with Gasteiger partial charge in [-0.25, -0.2) is 0 Å². The van der Waals surface area contributed by atoms with Crippen LogP contribution in [0.3, 0.4) is 0 Å². The molecule has 0 bridgehead atoms. The molecule has 11 heavy (non-hydrogen) atoms. The topological polar surface area (TPSA) is 38.7 Å². The Kier molecular flexibility index (Phi) is 2.52. The summed E-state index contributed by atoms with van der Waals surface area (Å²) in [6.07, 6.45) is -0.211. The van der Waals surface area contributed by atoms with E-state index >= 15 is 0 Å². The van der Waals surface area contributed by atoms with E-state index in [2.05, 4.69) is 0 Å². The lowest BCUT2D eigenvalue weighted by molar-refractivity contribution is -0.0978. The van der Waals surface area contributed by atoms with Gasteiger partial charge in [-0.3, -0.25) is 0 Å². The van der Waals surface area contributed by atoms with Crippen LogP contribution >= 0.6 is 0 Å². The van der Waals surface area contributed by atoms with Crippen molar-refractivity contribution in [3.8, 4) is 0 Å². The van der Waals surface area contributed by atoms with Gasteiger partial charge in [-0.05, 0) is 6.92 Å². The van der Waals surface area contributed by atoms with E-state index in [4.69, 9.17) is 14.6 Å². The van der Waals surface area contributed by atoms with E-state index in [1.165, 1.54) is 0 Å².